The Morgan fingerprint density at radius 2 is 2.22 bits per heavy atom. The standard InChI is InChI=1S/C13H25N3O2/c17-13(10-12-11-14-5-9-18-12)15-4-3-8-16-6-1-2-7-16/h12,14H,1-11H2,(H,15,17). The maximum atomic E-state index is 11.7. The molecule has 0 aromatic rings. The van der Waals surface area contributed by atoms with Gasteiger partial charge in [0.05, 0.1) is 19.1 Å². The molecular formula is C13H25N3O2. The molecule has 104 valence electrons. The number of ether oxygens (including phenoxy) is 1. The predicted octanol–water partition coefficient (Wildman–Crippen LogP) is -0.0330. The highest BCUT2D eigenvalue weighted by Crippen LogP contribution is 2.07. The highest BCUT2D eigenvalue weighted by atomic mass is 16.5. The molecule has 5 heteroatoms. The van der Waals surface area contributed by atoms with Crippen LogP contribution in [0.5, 0.6) is 0 Å². The van der Waals surface area contributed by atoms with Gasteiger partial charge in [-0.25, -0.2) is 0 Å². The summed E-state index contributed by atoms with van der Waals surface area (Å²) in [7, 11) is 0. The van der Waals surface area contributed by atoms with Crippen LogP contribution in [0.3, 0.4) is 0 Å². The number of nitrogens with zero attached hydrogens (tertiary/aromatic N) is 1. The lowest BCUT2D eigenvalue weighted by molar-refractivity contribution is -0.124. The second-order valence-corrected chi connectivity index (χ2v) is 5.15. The average Bonchev–Trinajstić information content (AvgIpc) is 2.89. The molecule has 1 unspecified atom stereocenters. The molecule has 2 saturated heterocycles. The van der Waals surface area contributed by atoms with Crippen molar-refractivity contribution in [3.05, 3.63) is 0 Å². The van der Waals surface area contributed by atoms with Gasteiger partial charge in [-0.05, 0) is 38.9 Å². The topological polar surface area (TPSA) is 53.6 Å². The lowest BCUT2D eigenvalue weighted by atomic mass is 10.2. The minimum absolute atomic E-state index is 0.0531. The summed E-state index contributed by atoms with van der Waals surface area (Å²) in [5, 5.41) is 6.21. The van der Waals surface area contributed by atoms with Crippen molar-refractivity contribution >= 4 is 5.91 Å². The van der Waals surface area contributed by atoms with Gasteiger partial charge >= 0.3 is 0 Å². The number of amides is 1. The number of hydrogen-bond donors (Lipinski definition) is 2. The zero-order valence-electron chi connectivity index (χ0n) is 11.1. The second-order valence-electron chi connectivity index (χ2n) is 5.15. The summed E-state index contributed by atoms with van der Waals surface area (Å²) in [6.45, 7) is 6.77. The van der Waals surface area contributed by atoms with Crippen molar-refractivity contribution in [1.29, 1.82) is 0 Å². The number of hydrogen-bond acceptors (Lipinski definition) is 4. The molecule has 0 spiro atoms. The fraction of sp³-hybridized carbons (Fsp3) is 0.923. The zero-order valence-corrected chi connectivity index (χ0v) is 11.1. The normalized spacial score (nSPS) is 25.2. The summed E-state index contributed by atoms with van der Waals surface area (Å²) in [4.78, 5) is 14.1. The van der Waals surface area contributed by atoms with Gasteiger partial charge in [0, 0.05) is 19.6 Å². The first-order valence-electron chi connectivity index (χ1n) is 7.16. The second kappa shape index (κ2) is 7.71. The van der Waals surface area contributed by atoms with E-state index in [9.17, 15) is 4.79 Å². The van der Waals surface area contributed by atoms with Crippen molar-refractivity contribution in [3.8, 4) is 0 Å². The molecule has 1 amide bonds. The Kier molecular flexibility index (Phi) is 5.90. The van der Waals surface area contributed by atoms with Crippen LogP contribution in [0.25, 0.3) is 0 Å². The van der Waals surface area contributed by atoms with Crippen molar-refractivity contribution < 1.29 is 9.53 Å². The SMILES string of the molecule is O=C(CC1CNCCO1)NCCCN1CCCC1. The number of carbonyl (C=O) groups excluding carboxylic acids is 1. The van der Waals surface area contributed by atoms with E-state index in [0.717, 1.165) is 32.6 Å². The van der Waals surface area contributed by atoms with Crippen LogP contribution in [0.2, 0.25) is 0 Å². The van der Waals surface area contributed by atoms with Gasteiger partial charge in [0.15, 0.2) is 0 Å². The van der Waals surface area contributed by atoms with E-state index in [-0.39, 0.29) is 12.0 Å². The van der Waals surface area contributed by atoms with Crippen LogP contribution in [0.1, 0.15) is 25.7 Å². The Hall–Kier alpha value is -0.650. The molecule has 18 heavy (non-hydrogen) atoms. The quantitative estimate of drug-likeness (QED) is 0.654. The van der Waals surface area contributed by atoms with Crippen molar-refractivity contribution in [1.82, 2.24) is 15.5 Å². The molecule has 2 aliphatic rings. The van der Waals surface area contributed by atoms with Gasteiger partial charge in [0.25, 0.3) is 0 Å². The summed E-state index contributed by atoms with van der Waals surface area (Å²) in [5.74, 6) is 0.116. The first kappa shape index (κ1) is 13.8. The molecule has 2 heterocycles. The van der Waals surface area contributed by atoms with E-state index in [0.29, 0.717) is 13.0 Å². The molecule has 1 atom stereocenters. The fourth-order valence-corrected chi connectivity index (χ4v) is 2.57. The number of carbonyl (C=O) groups is 1. The van der Waals surface area contributed by atoms with Gasteiger partial charge in [-0.3, -0.25) is 4.79 Å². The molecule has 0 saturated carbocycles. The van der Waals surface area contributed by atoms with Gasteiger partial charge < -0.3 is 20.3 Å². The molecule has 0 aromatic heterocycles. The predicted molar refractivity (Wildman–Crippen MR) is 70.5 cm³/mol. The maximum absolute atomic E-state index is 11.7. The number of nitrogens with one attached hydrogen (secondary N) is 2. The first-order valence-corrected chi connectivity index (χ1v) is 7.16. The fourth-order valence-electron chi connectivity index (χ4n) is 2.57. The molecule has 2 rings (SSSR count). The van der Waals surface area contributed by atoms with E-state index >= 15 is 0 Å². The molecule has 2 N–H and O–H groups in total. The molecule has 0 aromatic carbocycles. The van der Waals surface area contributed by atoms with E-state index in [4.69, 9.17) is 4.74 Å². The minimum atomic E-state index is 0.0531. The van der Waals surface area contributed by atoms with Crippen LogP contribution in [0.15, 0.2) is 0 Å². The monoisotopic (exact) mass is 255 g/mol. The summed E-state index contributed by atoms with van der Waals surface area (Å²) in [6.07, 6.45) is 4.25. The first-order chi connectivity index (χ1) is 8.84. The Bertz CT molecular complexity index is 249. The van der Waals surface area contributed by atoms with Crippen molar-refractivity contribution in [3.63, 3.8) is 0 Å². The Morgan fingerprint density at radius 3 is 2.94 bits per heavy atom. The van der Waals surface area contributed by atoms with Crippen LogP contribution in [-0.4, -0.2) is 62.8 Å². The van der Waals surface area contributed by atoms with Crippen molar-refractivity contribution in [2.75, 3.05) is 45.9 Å². The van der Waals surface area contributed by atoms with E-state index in [1.807, 2.05) is 0 Å². The van der Waals surface area contributed by atoms with Crippen molar-refractivity contribution in [2.24, 2.45) is 0 Å². The lowest BCUT2D eigenvalue weighted by Gasteiger charge is -2.23. The third kappa shape index (κ3) is 4.92. The molecule has 5 nitrogen and oxygen atoms in total. The highest BCUT2D eigenvalue weighted by Gasteiger charge is 2.17. The molecule has 2 aliphatic heterocycles. The summed E-state index contributed by atoms with van der Waals surface area (Å²) >= 11 is 0. The van der Waals surface area contributed by atoms with Crippen LogP contribution in [-0.2, 0) is 9.53 Å². The van der Waals surface area contributed by atoms with Gasteiger partial charge in [-0.15, -0.1) is 0 Å². The summed E-state index contributed by atoms with van der Waals surface area (Å²) < 4.78 is 5.50. The van der Waals surface area contributed by atoms with E-state index in [1.54, 1.807) is 0 Å². The maximum Gasteiger partial charge on any atom is 0.222 e. The van der Waals surface area contributed by atoms with Crippen LogP contribution < -0.4 is 10.6 Å². The molecule has 2 fully saturated rings. The lowest BCUT2D eigenvalue weighted by Crippen LogP contribution is -2.41. The van der Waals surface area contributed by atoms with Crippen LogP contribution >= 0.6 is 0 Å². The third-order valence-electron chi connectivity index (χ3n) is 3.59. The van der Waals surface area contributed by atoms with Crippen LogP contribution in [0, 0.1) is 0 Å². The van der Waals surface area contributed by atoms with Crippen LogP contribution in [0.4, 0.5) is 0 Å². The van der Waals surface area contributed by atoms with Gasteiger partial charge in [-0.1, -0.05) is 0 Å². The van der Waals surface area contributed by atoms with Crippen molar-refractivity contribution in [2.45, 2.75) is 31.8 Å². The Balaban J connectivity index is 1.48. The van der Waals surface area contributed by atoms with Gasteiger partial charge in [0.2, 0.25) is 5.91 Å². The largest absolute Gasteiger partial charge is 0.375 e. The zero-order chi connectivity index (χ0) is 12.6. The van der Waals surface area contributed by atoms with E-state index in [1.165, 1.54) is 25.9 Å². The third-order valence-corrected chi connectivity index (χ3v) is 3.59. The average molecular weight is 255 g/mol. The number of morpholine rings is 1. The van der Waals surface area contributed by atoms with Gasteiger partial charge in [0.1, 0.15) is 0 Å². The van der Waals surface area contributed by atoms with E-state index in [2.05, 4.69) is 15.5 Å². The molecule has 0 aliphatic carbocycles. The summed E-state index contributed by atoms with van der Waals surface area (Å²) in [5.41, 5.74) is 0. The number of likely N-dealkylation sites (tertiary alicyclic amines) is 1. The smallest absolute Gasteiger partial charge is 0.222 e. The molecule has 0 radical (unpaired) electrons. The molecular weight excluding hydrogens is 230 g/mol. The summed E-state index contributed by atoms with van der Waals surface area (Å²) in [6, 6.07) is 0. The Labute approximate surface area is 109 Å². The molecule has 0 bridgehead atoms. The highest BCUT2D eigenvalue weighted by molar-refractivity contribution is 5.76. The van der Waals surface area contributed by atoms with E-state index < -0.39 is 0 Å². The Morgan fingerprint density at radius 1 is 1.39 bits per heavy atom. The minimum Gasteiger partial charge on any atom is -0.375 e. The number of rotatable bonds is 6. The van der Waals surface area contributed by atoms with Gasteiger partial charge in [-0.2, -0.15) is 0 Å².